The van der Waals surface area contributed by atoms with Gasteiger partial charge in [0.05, 0.1) is 16.9 Å². The van der Waals surface area contributed by atoms with Gasteiger partial charge >= 0.3 is 0 Å². The van der Waals surface area contributed by atoms with E-state index >= 15 is 0 Å². The Bertz CT molecular complexity index is 877. The van der Waals surface area contributed by atoms with Gasteiger partial charge in [-0.3, -0.25) is 8.75 Å². The van der Waals surface area contributed by atoms with Crippen molar-refractivity contribution in [3.63, 3.8) is 0 Å². The van der Waals surface area contributed by atoms with Gasteiger partial charge in [0.1, 0.15) is 4.67 Å². The van der Waals surface area contributed by atoms with Crippen LogP contribution in [0.4, 0.5) is 5.69 Å². The van der Waals surface area contributed by atoms with Crippen LogP contribution in [-0.4, -0.2) is 9.74 Å². The average Bonchev–Trinajstić information content (AvgIpc) is 2.91. The monoisotopic (exact) mass is 322 g/mol. The molecule has 0 saturated heterocycles. The fourth-order valence-corrected chi connectivity index (χ4v) is 3.52. The number of rotatable bonds is 4. The van der Waals surface area contributed by atoms with E-state index in [-0.39, 0.29) is 5.78 Å². The lowest BCUT2D eigenvalue weighted by Crippen LogP contribution is -2.10. The number of carbonyl (C=O) groups excluding carboxylic acids is 1. The van der Waals surface area contributed by atoms with Crippen LogP contribution < -0.4 is 4.67 Å². The minimum Gasteiger partial charge on any atom is -0.298 e. The molecule has 4 heteroatoms. The van der Waals surface area contributed by atoms with Gasteiger partial charge in [-0.1, -0.05) is 55.5 Å². The van der Waals surface area contributed by atoms with Crippen LogP contribution in [0.15, 0.2) is 65.7 Å². The lowest BCUT2D eigenvalue weighted by molar-refractivity contribution is 0.0988. The zero-order valence-electron chi connectivity index (χ0n) is 13.2. The van der Waals surface area contributed by atoms with E-state index in [1.54, 1.807) is 0 Å². The lowest BCUT2D eigenvalue weighted by atomic mass is 10.0. The lowest BCUT2D eigenvalue weighted by Gasteiger charge is -2.05. The second-order valence-electron chi connectivity index (χ2n) is 5.21. The highest BCUT2D eigenvalue weighted by atomic mass is 32.1. The molecule has 23 heavy (non-hydrogen) atoms. The van der Waals surface area contributed by atoms with Crippen molar-refractivity contribution in [2.24, 2.45) is 12.0 Å². The molecule has 1 heterocycles. The topological polar surface area (TPSA) is 34.4 Å². The van der Waals surface area contributed by atoms with Gasteiger partial charge in [-0.25, -0.2) is 4.99 Å². The fraction of sp³-hybridized carbons (Fsp3) is 0.158. The van der Waals surface area contributed by atoms with Crippen LogP contribution in [0, 0.1) is 0 Å². The molecule has 0 atom stereocenters. The summed E-state index contributed by atoms with van der Waals surface area (Å²) in [6.07, 6.45) is 0.466. The Labute approximate surface area is 139 Å². The van der Waals surface area contributed by atoms with Crippen molar-refractivity contribution in [2.75, 3.05) is 0 Å². The molecule has 0 saturated carbocycles. The van der Waals surface area contributed by atoms with Crippen molar-refractivity contribution in [1.82, 2.24) is 3.96 Å². The standard InChI is InChI=1S/C19H18N2OS/c1-3-16(22)17-18(14-10-6-4-7-11-14)21(2)23-19(17)20-15-12-8-5-9-13-15/h4-13H,3H2,1-2H3. The zero-order chi connectivity index (χ0) is 16.2. The maximum absolute atomic E-state index is 12.6. The zero-order valence-corrected chi connectivity index (χ0v) is 14.0. The SMILES string of the molecule is CCC(=O)c1c(-c2ccccc2)n(C)sc1=Nc1ccccc1. The Morgan fingerprint density at radius 1 is 1.04 bits per heavy atom. The largest absolute Gasteiger partial charge is 0.298 e. The number of ketones is 1. The predicted molar refractivity (Wildman–Crippen MR) is 95.0 cm³/mol. The van der Waals surface area contributed by atoms with Crippen LogP contribution in [0.3, 0.4) is 0 Å². The normalized spacial score (nSPS) is 11.7. The van der Waals surface area contributed by atoms with Crippen molar-refractivity contribution >= 4 is 23.0 Å². The number of benzene rings is 2. The molecule has 0 aliphatic heterocycles. The molecule has 116 valence electrons. The van der Waals surface area contributed by atoms with E-state index in [1.165, 1.54) is 11.5 Å². The van der Waals surface area contributed by atoms with Gasteiger partial charge in [0.25, 0.3) is 0 Å². The molecule has 3 aromatic rings. The minimum atomic E-state index is 0.121. The minimum absolute atomic E-state index is 0.121. The third kappa shape index (κ3) is 3.17. The highest BCUT2D eigenvalue weighted by Gasteiger charge is 2.19. The summed E-state index contributed by atoms with van der Waals surface area (Å²) in [5.41, 5.74) is 3.56. The molecular formula is C19H18N2OS. The molecule has 0 N–H and O–H groups in total. The number of aryl methyl sites for hydroxylation is 1. The van der Waals surface area contributed by atoms with Crippen molar-refractivity contribution < 1.29 is 4.79 Å². The summed E-state index contributed by atoms with van der Waals surface area (Å²) in [5.74, 6) is 0.121. The van der Waals surface area contributed by atoms with Gasteiger partial charge in [0.15, 0.2) is 5.78 Å². The van der Waals surface area contributed by atoms with Gasteiger partial charge in [-0.2, -0.15) is 0 Å². The van der Waals surface area contributed by atoms with Crippen LogP contribution in [0.25, 0.3) is 11.3 Å². The van der Waals surface area contributed by atoms with Gasteiger partial charge < -0.3 is 0 Å². The second-order valence-corrected chi connectivity index (χ2v) is 6.32. The quantitative estimate of drug-likeness (QED) is 0.647. The van der Waals surface area contributed by atoms with Gasteiger partial charge in [-0.05, 0) is 29.2 Å². The molecule has 0 spiro atoms. The van der Waals surface area contributed by atoms with E-state index in [2.05, 4.69) is 0 Å². The van der Waals surface area contributed by atoms with Crippen LogP contribution >= 0.6 is 11.5 Å². The van der Waals surface area contributed by atoms with Crippen molar-refractivity contribution in [1.29, 1.82) is 0 Å². The maximum atomic E-state index is 12.6. The first-order valence-corrected chi connectivity index (χ1v) is 8.36. The van der Waals surface area contributed by atoms with Crippen LogP contribution in [0.1, 0.15) is 23.7 Å². The predicted octanol–water partition coefficient (Wildman–Crippen LogP) is 4.58. The first kappa shape index (κ1) is 15.4. The van der Waals surface area contributed by atoms with Crippen molar-refractivity contribution in [3.05, 3.63) is 70.9 Å². The summed E-state index contributed by atoms with van der Waals surface area (Å²) in [6, 6.07) is 19.8. The van der Waals surface area contributed by atoms with Gasteiger partial charge in [0.2, 0.25) is 0 Å². The molecule has 0 fully saturated rings. The second kappa shape index (κ2) is 6.75. The maximum Gasteiger partial charge on any atom is 0.167 e. The Morgan fingerprint density at radius 2 is 1.65 bits per heavy atom. The summed E-state index contributed by atoms with van der Waals surface area (Å²) in [7, 11) is 1.98. The summed E-state index contributed by atoms with van der Waals surface area (Å²) < 4.78 is 2.80. The molecule has 0 radical (unpaired) electrons. The van der Waals surface area contributed by atoms with Crippen LogP contribution in [0.2, 0.25) is 0 Å². The van der Waals surface area contributed by atoms with Gasteiger partial charge in [-0.15, -0.1) is 0 Å². The third-order valence-electron chi connectivity index (χ3n) is 3.62. The number of aromatic nitrogens is 1. The molecule has 2 aromatic carbocycles. The highest BCUT2D eigenvalue weighted by Crippen LogP contribution is 2.25. The first-order valence-electron chi connectivity index (χ1n) is 7.59. The number of hydrogen-bond donors (Lipinski definition) is 0. The van der Waals surface area contributed by atoms with Crippen LogP contribution in [-0.2, 0) is 7.05 Å². The fourth-order valence-electron chi connectivity index (χ4n) is 2.53. The molecule has 3 nitrogen and oxygen atoms in total. The first-order chi connectivity index (χ1) is 11.2. The van der Waals surface area contributed by atoms with E-state index in [4.69, 9.17) is 4.99 Å². The number of Topliss-reactive ketones (excluding diaryl/α,β-unsaturated/α-hetero) is 1. The summed E-state index contributed by atoms with van der Waals surface area (Å²) in [5, 5.41) is 0. The van der Waals surface area contributed by atoms with Crippen molar-refractivity contribution in [3.8, 4) is 11.3 Å². The summed E-state index contributed by atoms with van der Waals surface area (Å²) in [6.45, 7) is 1.89. The molecule has 0 bridgehead atoms. The Morgan fingerprint density at radius 3 is 2.26 bits per heavy atom. The molecule has 0 unspecified atom stereocenters. The van der Waals surface area contributed by atoms with E-state index in [9.17, 15) is 4.79 Å². The van der Waals surface area contributed by atoms with E-state index in [1.807, 2.05) is 78.6 Å². The van der Waals surface area contributed by atoms with Gasteiger partial charge in [0, 0.05) is 13.5 Å². The molecular weight excluding hydrogens is 304 g/mol. The molecule has 1 aromatic heterocycles. The van der Waals surface area contributed by atoms with Crippen molar-refractivity contribution in [2.45, 2.75) is 13.3 Å². The average molecular weight is 322 g/mol. The number of hydrogen-bond acceptors (Lipinski definition) is 3. The third-order valence-corrected chi connectivity index (χ3v) is 4.55. The van der Waals surface area contributed by atoms with E-state index in [0.29, 0.717) is 6.42 Å². The number of para-hydroxylation sites is 1. The van der Waals surface area contributed by atoms with Crippen LogP contribution in [0.5, 0.6) is 0 Å². The Balaban J connectivity index is 2.26. The molecule has 0 amide bonds. The van der Waals surface area contributed by atoms with E-state index in [0.717, 1.165) is 27.2 Å². The summed E-state index contributed by atoms with van der Waals surface area (Å²) >= 11 is 1.50. The smallest absolute Gasteiger partial charge is 0.167 e. The van der Waals surface area contributed by atoms with E-state index < -0.39 is 0 Å². The molecule has 3 rings (SSSR count). The number of nitrogens with zero attached hydrogens (tertiary/aromatic N) is 2. The summed E-state index contributed by atoms with van der Waals surface area (Å²) in [4.78, 5) is 17.3. The Kier molecular flexibility index (Phi) is 4.53. The number of carbonyl (C=O) groups is 1. The Hall–Kier alpha value is -2.46. The highest BCUT2D eigenvalue weighted by molar-refractivity contribution is 7.04. The molecule has 0 aliphatic rings. The molecule has 0 aliphatic carbocycles.